The Bertz CT molecular complexity index is 926. The molecule has 24 heavy (non-hydrogen) atoms. The Morgan fingerprint density at radius 3 is 2.96 bits per heavy atom. The van der Waals surface area contributed by atoms with Crippen molar-refractivity contribution < 1.29 is 9.18 Å². The van der Waals surface area contributed by atoms with E-state index in [1.807, 2.05) is 25.1 Å². The third-order valence-electron chi connectivity index (χ3n) is 4.74. The van der Waals surface area contributed by atoms with Gasteiger partial charge in [0.25, 0.3) is 5.91 Å². The lowest BCUT2D eigenvalue weighted by atomic mass is 10.1. The molecule has 3 aromatic rings. The van der Waals surface area contributed by atoms with E-state index < -0.39 is 0 Å². The lowest BCUT2D eigenvalue weighted by Crippen LogP contribution is -2.31. The van der Waals surface area contributed by atoms with Gasteiger partial charge in [-0.25, -0.2) is 4.39 Å². The Morgan fingerprint density at radius 2 is 2.21 bits per heavy atom. The van der Waals surface area contributed by atoms with E-state index in [4.69, 9.17) is 0 Å². The smallest absolute Gasteiger partial charge is 0.270 e. The van der Waals surface area contributed by atoms with Gasteiger partial charge in [-0.05, 0) is 44.0 Å². The number of likely N-dealkylation sites (tertiary alicyclic amines) is 1. The molecular weight excluding hydrogens is 307 g/mol. The molecule has 5 nitrogen and oxygen atoms in total. The molecule has 1 unspecified atom stereocenters. The van der Waals surface area contributed by atoms with E-state index in [1.165, 1.54) is 12.1 Å². The molecule has 0 aliphatic carbocycles. The van der Waals surface area contributed by atoms with Crippen LogP contribution in [-0.2, 0) is 7.05 Å². The van der Waals surface area contributed by atoms with Gasteiger partial charge in [0, 0.05) is 36.3 Å². The number of carbonyl (C=O) groups excluding carboxylic acids is 1. The van der Waals surface area contributed by atoms with Gasteiger partial charge < -0.3 is 9.88 Å². The molecule has 1 amide bonds. The number of amides is 1. The lowest BCUT2D eigenvalue weighted by molar-refractivity contribution is 0.0730. The predicted octanol–water partition coefficient (Wildman–Crippen LogP) is 3.33. The molecule has 6 heteroatoms. The monoisotopic (exact) mass is 326 g/mol. The van der Waals surface area contributed by atoms with E-state index in [0.717, 1.165) is 36.2 Å². The van der Waals surface area contributed by atoms with Crippen LogP contribution in [0, 0.1) is 12.7 Å². The molecule has 124 valence electrons. The van der Waals surface area contributed by atoms with Gasteiger partial charge in [0.15, 0.2) is 0 Å². The van der Waals surface area contributed by atoms with Crippen molar-refractivity contribution in [1.82, 2.24) is 19.7 Å². The van der Waals surface area contributed by atoms with Crippen LogP contribution in [0.3, 0.4) is 0 Å². The number of halogens is 1. The minimum Gasteiger partial charge on any atom is -0.351 e. The Labute approximate surface area is 139 Å². The number of hydrogen-bond acceptors (Lipinski definition) is 2. The molecule has 1 aliphatic rings. The average molecular weight is 326 g/mol. The Balaban J connectivity index is 1.68. The maximum absolute atomic E-state index is 13.4. The third-order valence-corrected chi connectivity index (χ3v) is 4.74. The first-order valence-corrected chi connectivity index (χ1v) is 8.12. The Morgan fingerprint density at radius 1 is 1.38 bits per heavy atom. The topological polar surface area (TPSA) is 53.9 Å². The number of aromatic amines is 1. The van der Waals surface area contributed by atoms with Crippen LogP contribution in [0.15, 0.2) is 30.5 Å². The fraction of sp³-hybridized carbons (Fsp3) is 0.333. The fourth-order valence-corrected chi connectivity index (χ4v) is 3.65. The minimum absolute atomic E-state index is 0.0441. The fourth-order valence-electron chi connectivity index (χ4n) is 3.65. The largest absolute Gasteiger partial charge is 0.351 e. The van der Waals surface area contributed by atoms with Crippen LogP contribution in [0.1, 0.15) is 40.6 Å². The molecule has 1 saturated heterocycles. The molecule has 1 atom stereocenters. The molecule has 1 aromatic carbocycles. The molecule has 2 aromatic heterocycles. The van der Waals surface area contributed by atoms with Gasteiger partial charge in [0.2, 0.25) is 0 Å². The number of rotatable bonds is 2. The summed E-state index contributed by atoms with van der Waals surface area (Å²) in [6, 6.07) is 6.27. The van der Waals surface area contributed by atoms with Crippen molar-refractivity contribution in [2.45, 2.75) is 25.8 Å². The Kier molecular flexibility index (Phi) is 3.40. The van der Waals surface area contributed by atoms with Gasteiger partial charge in [-0.15, -0.1) is 0 Å². The number of aromatic nitrogens is 3. The first-order valence-electron chi connectivity index (χ1n) is 8.12. The maximum Gasteiger partial charge on any atom is 0.270 e. The Hall–Kier alpha value is -2.63. The summed E-state index contributed by atoms with van der Waals surface area (Å²) in [5.41, 5.74) is 3.34. The highest BCUT2D eigenvalue weighted by molar-refractivity contribution is 5.98. The molecule has 1 aliphatic heterocycles. The number of fused-ring (bicyclic) bond motifs is 1. The second-order valence-corrected chi connectivity index (χ2v) is 6.41. The number of benzene rings is 1. The number of aryl methyl sites for hydroxylation is 2. The number of carbonyl (C=O) groups is 1. The molecule has 0 spiro atoms. The zero-order valence-corrected chi connectivity index (χ0v) is 13.7. The van der Waals surface area contributed by atoms with Crippen molar-refractivity contribution in [3.05, 3.63) is 53.2 Å². The second-order valence-electron chi connectivity index (χ2n) is 6.41. The SMILES string of the molecule is Cc1nn(C)cc1C1CCCN1C(=O)c1cc2cc(F)ccc2[nH]1. The third kappa shape index (κ3) is 2.38. The van der Waals surface area contributed by atoms with Crippen LogP contribution >= 0.6 is 0 Å². The predicted molar refractivity (Wildman–Crippen MR) is 89.2 cm³/mol. The van der Waals surface area contributed by atoms with Gasteiger partial charge in [-0.1, -0.05) is 0 Å². The van der Waals surface area contributed by atoms with Crippen LogP contribution in [-0.4, -0.2) is 32.1 Å². The summed E-state index contributed by atoms with van der Waals surface area (Å²) in [6.45, 7) is 2.70. The van der Waals surface area contributed by atoms with Crippen LogP contribution in [0.25, 0.3) is 10.9 Å². The normalized spacial score (nSPS) is 17.8. The van der Waals surface area contributed by atoms with Crippen molar-refractivity contribution in [1.29, 1.82) is 0 Å². The van der Waals surface area contributed by atoms with E-state index in [9.17, 15) is 9.18 Å². The molecular formula is C18H19FN4O. The molecule has 1 fully saturated rings. The van der Waals surface area contributed by atoms with Crippen LogP contribution in [0.5, 0.6) is 0 Å². The molecule has 3 heterocycles. The summed E-state index contributed by atoms with van der Waals surface area (Å²) >= 11 is 0. The van der Waals surface area contributed by atoms with Crippen LogP contribution in [0.2, 0.25) is 0 Å². The number of H-pyrrole nitrogens is 1. The second kappa shape index (κ2) is 5.47. The quantitative estimate of drug-likeness (QED) is 0.785. The zero-order chi connectivity index (χ0) is 16.8. The highest BCUT2D eigenvalue weighted by atomic mass is 19.1. The molecule has 0 bridgehead atoms. The number of nitrogens with zero attached hydrogens (tertiary/aromatic N) is 3. The van der Waals surface area contributed by atoms with E-state index in [0.29, 0.717) is 11.1 Å². The van der Waals surface area contributed by atoms with Crippen molar-refractivity contribution >= 4 is 16.8 Å². The molecule has 1 N–H and O–H groups in total. The van der Waals surface area contributed by atoms with Gasteiger partial charge in [0.1, 0.15) is 11.5 Å². The van der Waals surface area contributed by atoms with E-state index in [2.05, 4.69) is 10.1 Å². The van der Waals surface area contributed by atoms with Crippen molar-refractivity contribution in [2.75, 3.05) is 6.54 Å². The summed E-state index contributed by atoms with van der Waals surface area (Å²) in [4.78, 5) is 18.0. The van der Waals surface area contributed by atoms with Crippen molar-refractivity contribution in [2.24, 2.45) is 7.05 Å². The van der Waals surface area contributed by atoms with Gasteiger partial charge >= 0.3 is 0 Å². The average Bonchev–Trinajstić information content (AvgIpc) is 3.23. The van der Waals surface area contributed by atoms with Crippen molar-refractivity contribution in [3.8, 4) is 0 Å². The van der Waals surface area contributed by atoms with Gasteiger partial charge in [-0.3, -0.25) is 9.48 Å². The van der Waals surface area contributed by atoms with Crippen LogP contribution in [0.4, 0.5) is 4.39 Å². The van der Waals surface area contributed by atoms with Crippen molar-refractivity contribution in [3.63, 3.8) is 0 Å². The zero-order valence-electron chi connectivity index (χ0n) is 13.7. The minimum atomic E-state index is -0.300. The first kappa shape index (κ1) is 14.9. The highest BCUT2D eigenvalue weighted by Crippen LogP contribution is 2.34. The standard InChI is InChI=1S/C18H19FN4O/c1-11-14(10-22(2)21-11)17-4-3-7-23(17)18(24)16-9-12-8-13(19)5-6-15(12)20-16/h5-6,8-10,17,20H,3-4,7H2,1-2H3. The van der Waals surface area contributed by atoms with E-state index >= 15 is 0 Å². The molecule has 0 saturated carbocycles. The summed E-state index contributed by atoms with van der Waals surface area (Å²) in [7, 11) is 1.89. The molecule has 4 rings (SSSR count). The van der Waals surface area contributed by atoms with E-state index in [1.54, 1.807) is 16.8 Å². The lowest BCUT2D eigenvalue weighted by Gasteiger charge is -2.24. The highest BCUT2D eigenvalue weighted by Gasteiger charge is 2.33. The summed E-state index contributed by atoms with van der Waals surface area (Å²) in [5, 5.41) is 5.11. The number of nitrogens with one attached hydrogen (secondary N) is 1. The first-order chi connectivity index (χ1) is 11.5. The summed E-state index contributed by atoms with van der Waals surface area (Å²) in [6.07, 6.45) is 3.90. The summed E-state index contributed by atoms with van der Waals surface area (Å²) < 4.78 is 15.1. The van der Waals surface area contributed by atoms with E-state index in [-0.39, 0.29) is 17.8 Å². The van der Waals surface area contributed by atoms with Gasteiger partial charge in [0.05, 0.1) is 11.7 Å². The maximum atomic E-state index is 13.4. The van der Waals surface area contributed by atoms with Crippen LogP contribution < -0.4 is 0 Å². The van der Waals surface area contributed by atoms with Gasteiger partial charge in [-0.2, -0.15) is 5.10 Å². The number of hydrogen-bond donors (Lipinski definition) is 1. The summed E-state index contributed by atoms with van der Waals surface area (Å²) in [5.74, 6) is -0.345. The molecule has 0 radical (unpaired) electrons.